The number of ether oxygens (including phenoxy) is 2. The maximum atomic E-state index is 12.9. The van der Waals surface area contributed by atoms with E-state index in [9.17, 15) is 9.59 Å². The van der Waals surface area contributed by atoms with E-state index in [2.05, 4.69) is 10.1 Å². The fraction of sp³-hybridized carbons (Fsp3) is 0.444. The van der Waals surface area contributed by atoms with Gasteiger partial charge in [0.15, 0.2) is 0 Å². The summed E-state index contributed by atoms with van der Waals surface area (Å²) in [6.45, 7) is 3.49. The summed E-state index contributed by atoms with van der Waals surface area (Å²) in [5.41, 5.74) is 0.469. The molecular formula is C18H22N4O4. The van der Waals surface area contributed by atoms with Crippen LogP contribution in [0, 0.1) is 0 Å². The smallest absolute Gasteiger partial charge is 0.328 e. The summed E-state index contributed by atoms with van der Waals surface area (Å²) in [5, 5.41) is 3.96. The van der Waals surface area contributed by atoms with Gasteiger partial charge in [0.1, 0.15) is 31.1 Å². The number of hydrogen-bond acceptors (Lipinski definition) is 6. The Morgan fingerprint density at radius 2 is 2.15 bits per heavy atom. The molecule has 1 atom stereocenters. The van der Waals surface area contributed by atoms with Crippen molar-refractivity contribution in [1.29, 1.82) is 0 Å². The summed E-state index contributed by atoms with van der Waals surface area (Å²) in [7, 11) is 0. The van der Waals surface area contributed by atoms with E-state index in [0.717, 1.165) is 6.42 Å². The Bertz CT molecular complexity index is 747. The maximum absolute atomic E-state index is 12.9. The van der Waals surface area contributed by atoms with Gasteiger partial charge in [-0.25, -0.2) is 14.5 Å². The van der Waals surface area contributed by atoms with Crippen LogP contribution >= 0.6 is 0 Å². The van der Waals surface area contributed by atoms with Gasteiger partial charge in [0.05, 0.1) is 18.7 Å². The molecule has 0 saturated carbocycles. The number of amides is 1. The van der Waals surface area contributed by atoms with Crippen LogP contribution in [0.15, 0.2) is 36.9 Å². The first kappa shape index (κ1) is 17.9. The van der Waals surface area contributed by atoms with Gasteiger partial charge in [-0.3, -0.25) is 4.79 Å². The Kier molecular flexibility index (Phi) is 5.83. The average molecular weight is 358 g/mol. The maximum Gasteiger partial charge on any atom is 0.328 e. The van der Waals surface area contributed by atoms with E-state index < -0.39 is 6.04 Å². The molecule has 1 saturated heterocycles. The quantitative estimate of drug-likeness (QED) is 0.698. The molecule has 3 rings (SSSR count). The number of hydrogen-bond donors (Lipinski definition) is 0. The molecule has 0 N–H and O–H groups in total. The molecule has 2 heterocycles. The zero-order valence-corrected chi connectivity index (χ0v) is 14.7. The normalized spacial score (nSPS) is 16.5. The highest BCUT2D eigenvalue weighted by atomic mass is 16.5. The molecule has 1 aromatic carbocycles. The minimum Gasteiger partial charge on any atom is -0.493 e. The molecule has 0 spiro atoms. The predicted octanol–water partition coefficient (Wildman–Crippen LogP) is 1.52. The molecule has 1 fully saturated rings. The summed E-state index contributed by atoms with van der Waals surface area (Å²) in [5.74, 6) is -0.0557. The third-order valence-electron chi connectivity index (χ3n) is 4.23. The topological polar surface area (TPSA) is 86.5 Å². The molecule has 1 unspecified atom stereocenters. The number of likely N-dealkylation sites (tertiary alicyclic amines) is 1. The van der Waals surface area contributed by atoms with Gasteiger partial charge in [0, 0.05) is 6.54 Å². The molecule has 8 heteroatoms. The second-order valence-corrected chi connectivity index (χ2v) is 5.91. The van der Waals surface area contributed by atoms with Gasteiger partial charge in [0.2, 0.25) is 0 Å². The number of aromatic nitrogens is 3. The lowest BCUT2D eigenvalue weighted by atomic mass is 10.1. The summed E-state index contributed by atoms with van der Waals surface area (Å²) in [6, 6.07) is 6.53. The zero-order chi connectivity index (χ0) is 18.4. The van der Waals surface area contributed by atoms with Crippen molar-refractivity contribution in [2.75, 3.05) is 19.8 Å². The third kappa shape index (κ3) is 4.01. The molecule has 0 aliphatic carbocycles. The highest BCUT2D eigenvalue weighted by Crippen LogP contribution is 2.25. The van der Waals surface area contributed by atoms with Crippen molar-refractivity contribution in [3.8, 4) is 5.75 Å². The summed E-state index contributed by atoms with van der Waals surface area (Å²) < 4.78 is 12.5. The lowest BCUT2D eigenvalue weighted by molar-refractivity contribution is -0.148. The van der Waals surface area contributed by atoms with Gasteiger partial charge < -0.3 is 14.4 Å². The second-order valence-electron chi connectivity index (χ2n) is 5.91. The van der Waals surface area contributed by atoms with E-state index in [4.69, 9.17) is 9.47 Å². The van der Waals surface area contributed by atoms with E-state index >= 15 is 0 Å². The van der Waals surface area contributed by atoms with E-state index in [1.165, 1.54) is 6.33 Å². The number of benzene rings is 1. The van der Waals surface area contributed by atoms with Crippen LogP contribution < -0.4 is 4.74 Å². The van der Waals surface area contributed by atoms with Gasteiger partial charge in [-0.2, -0.15) is 5.10 Å². The summed E-state index contributed by atoms with van der Waals surface area (Å²) >= 11 is 0. The molecule has 1 aliphatic heterocycles. The first-order valence-corrected chi connectivity index (χ1v) is 8.72. The number of esters is 1. The zero-order valence-electron chi connectivity index (χ0n) is 14.7. The van der Waals surface area contributed by atoms with Crippen LogP contribution in [-0.2, 0) is 16.1 Å². The van der Waals surface area contributed by atoms with Gasteiger partial charge in [-0.1, -0.05) is 12.1 Å². The molecule has 138 valence electrons. The molecule has 0 radical (unpaired) electrons. The molecule has 0 bridgehead atoms. The van der Waals surface area contributed by atoms with E-state index in [1.807, 2.05) is 13.0 Å². The standard InChI is InChI=1S/C18H22N4O4/c1-2-25-16-8-4-3-6-14(16)17(23)22-9-5-7-15(22)18(24)26-11-10-21-13-19-12-20-21/h3-4,6,8,12-13,15H,2,5,7,9-11H2,1H3. The van der Waals surface area contributed by atoms with Crippen molar-refractivity contribution in [2.24, 2.45) is 0 Å². The highest BCUT2D eigenvalue weighted by molar-refractivity contribution is 5.99. The molecule has 26 heavy (non-hydrogen) atoms. The Balaban J connectivity index is 1.63. The number of carbonyl (C=O) groups excluding carboxylic acids is 2. The van der Waals surface area contributed by atoms with Crippen LogP contribution in [0.5, 0.6) is 5.75 Å². The van der Waals surface area contributed by atoms with Crippen LogP contribution in [0.1, 0.15) is 30.1 Å². The monoisotopic (exact) mass is 358 g/mol. The van der Waals surface area contributed by atoms with Crippen LogP contribution in [-0.4, -0.2) is 57.3 Å². The van der Waals surface area contributed by atoms with Crippen LogP contribution in [0.4, 0.5) is 0 Å². The fourth-order valence-corrected chi connectivity index (χ4v) is 3.02. The van der Waals surface area contributed by atoms with E-state index in [0.29, 0.717) is 37.4 Å². The first-order valence-electron chi connectivity index (χ1n) is 8.72. The number of nitrogens with zero attached hydrogens (tertiary/aromatic N) is 4. The first-order chi connectivity index (χ1) is 12.7. The SMILES string of the molecule is CCOc1ccccc1C(=O)N1CCCC1C(=O)OCCn1cncn1. The van der Waals surface area contributed by atoms with Crippen LogP contribution in [0.2, 0.25) is 0 Å². The molecule has 8 nitrogen and oxygen atoms in total. The van der Waals surface area contributed by atoms with Gasteiger partial charge >= 0.3 is 5.97 Å². The molecule has 1 amide bonds. The molecule has 1 aromatic heterocycles. The Hall–Kier alpha value is -2.90. The predicted molar refractivity (Wildman–Crippen MR) is 92.7 cm³/mol. The highest BCUT2D eigenvalue weighted by Gasteiger charge is 2.36. The Morgan fingerprint density at radius 1 is 1.31 bits per heavy atom. The molecule has 1 aliphatic rings. The van der Waals surface area contributed by atoms with Crippen molar-refractivity contribution < 1.29 is 19.1 Å². The van der Waals surface area contributed by atoms with E-state index in [1.54, 1.807) is 34.1 Å². The number of rotatable bonds is 7. The third-order valence-corrected chi connectivity index (χ3v) is 4.23. The minimum absolute atomic E-state index is 0.191. The van der Waals surface area contributed by atoms with Crippen molar-refractivity contribution in [3.63, 3.8) is 0 Å². The lowest BCUT2D eigenvalue weighted by Crippen LogP contribution is -2.41. The van der Waals surface area contributed by atoms with Crippen molar-refractivity contribution in [2.45, 2.75) is 32.4 Å². The minimum atomic E-state index is -0.562. The summed E-state index contributed by atoms with van der Waals surface area (Å²) in [4.78, 5) is 30.8. The van der Waals surface area contributed by atoms with E-state index in [-0.39, 0.29) is 18.5 Å². The second kappa shape index (κ2) is 8.46. The van der Waals surface area contributed by atoms with Crippen molar-refractivity contribution in [3.05, 3.63) is 42.5 Å². The lowest BCUT2D eigenvalue weighted by Gasteiger charge is -2.24. The average Bonchev–Trinajstić information content (AvgIpc) is 3.33. The number of para-hydroxylation sites is 1. The van der Waals surface area contributed by atoms with Gasteiger partial charge in [-0.15, -0.1) is 0 Å². The fourth-order valence-electron chi connectivity index (χ4n) is 3.02. The van der Waals surface area contributed by atoms with Gasteiger partial charge in [0.25, 0.3) is 5.91 Å². The van der Waals surface area contributed by atoms with Crippen molar-refractivity contribution in [1.82, 2.24) is 19.7 Å². The number of carbonyl (C=O) groups is 2. The molecular weight excluding hydrogens is 336 g/mol. The molecule has 2 aromatic rings. The van der Waals surface area contributed by atoms with Crippen LogP contribution in [0.3, 0.4) is 0 Å². The Labute approximate surface area is 151 Å². The Morgan fingerprint density at radius 3 is 2.92 bits per heavy atom. The van der Waals surface area contributed by atoms with Crippen molar-refractivity contribution >= 4 is 11.9 Å². The largest absolute Gasteiger partial charge is 0.493 e. The van der Waals surface area contributed by atoms with Crippen LogP contribution in [0.25, 0.3) is 0 Å². The van der Waals surface area contributed by atoms with Gasteiger partial charge in [-0.05, 0) is 31.9 Å². The summed E-state index contributed by atoms with van der Waals surface area (Å²) in [6.07, 6.45) is 4.36.